The number of aliphatic hydroxyl groups excluding tert-OH is 1. The Morgan fingerprint density at radius 3 is 2.68 bits per heavy atom. The van der Waals surface area contributed by atoms with Crippen LogP contribution in [0.1, 0.15) is 18.1 Å². The van der Waals surface area contributed by atoms with Crippen LogP contribution in [0.25, 0.3) is 0 Å². The van der Waals surface area contributed by atoms with Crippen molar-refractivity contribution in [2.45, 2.75) is 18.6 Å². The first-order valence-electron chi connectivity index (χ1n) is 6.15. The molecule has 0 unspecified atom stereocenters. The standard InChI is InChI=1S/C13H17N3O3/c14-13(19)15-10-6-7-16(8-10)12(18)11(17)9-4-2-1-3-5-9/h1-5,10-11,17H,6-8H2,(H3,14,15,19)/t10-,11+/m1/s1. The lowest BCUT2D eigenvalue weighted by molar-refractivity contribution is -0.139. The Kier molecular flexibility index (Phi) is 4.01. The van der Waals surface area contributed by atoms with E-state index in [1.807, 2.05) is 6.07 Å². The van der Waals surface area contributed by atoms with Crippen molar-refractivity contribution in [3.63, 3.8) is 0 Å². The third kappa shape index (κ3) is 3.23. The quantitative estimate of drug-likeness (QED) is 0.715. The summed E-state index contributed by atoms with van der Waals surface area (Å²) >= 11 is 0. The Bertz CT molecular complexity index is 463. The molecule has 0 aromatic heterocycles. The van der Waals surface area contributed by atoms with Crippen LogP contribution in [0.3, 0.4) is 0 Å². The smallest absolute Gasteiger partial charge is 0.312 e. The van der Waals surface area contributed by atoms with Gasteiger partial charge in [0.2, 0.25) is 0 Å². The summed E-state index contributed by atoms with van der Waals surface area (Å²) in [6.45, 7) is 0.888. The number of benzene rings is 1. The van der Waals surface area contributed by atoms with Crippen molar-refractivity contribution in [1.29, 1.82) is 0 Å². The zero-order chi connectivity index (χ0) is 13.8. The second-order valence-corrected chi connectivity index (χ2v) is 4.59. The second-order valence-electron chi connectivity index (χ2n) is 4.59. The summed E-state index contributed by atoms with van der Waals surface area (Å²) in [6, 6.07) is 8.05. The predicted octanol–water partition coefficient (Wildman–Crippen LogP) is -0.0108. The van der Waals surface area contributed by atoms with E-state index >= 15 is 0 Å². The lowest BCUT2D eigenvalue weighted by Crippen LogP contribution is -2.41. The first-order valence-corrected chi connectivity index (χ1v) is 6.15. The molecule has 6 heteroatoms. The SMILES string of the molecule is NC(=O)N[C@@H]1CCN(C(=O)[C@@H](O)c2ccccc2)C1. The number of nitrogens with two attached hydrogens (primary N) is 1. The molecule has 1 heterocycles. The molecule has 1 aliphatic rings. The maximum Gasteiger partial charge on any atom is 0.312 e. The number of rotatable bonds is 3. The van der Waals surface area contributed by atoms with Gasteiger partial charge in [-0.25, -0.2) is 4.79 Å². The highest BCUT2D eigenvalue weighted by molar-refractivity contribution is 5.82. The Balaban J connectivity index is 1.96. The van der Waals surface area contributed by atoms with E-state index in [2.05, 4.69) is 5.32 Å². The van der Waals surface area contributed by atoms with E-state index in [-0.39, 0.29) is 11.9 Å². The Morgan fingerprint density at radius 2 is 2.05 bits per heavy atom. The number of urea groups is 1. The number of carbonyl (C=O) groups excluding carboxylic acids is 2. The minimum absolute atomic E-state index is 0.135. The maximum atomic E-state index is 12.1. The fourth-order valence-electron chi connectivity index (χ4n) is 2.23. The second kappa shape index (κ2) is 5.71. The van der Waals surface area contributed by atoms with E-state index in [4.69, 9.17) is 5.73 Å². The van der Waals surface area contributed by atoms with Gasteiger partial charge in [0.25, 0.3) is 5.91 Å². The average Bonchev–Trinajstić information content (AvgIpc) is 2.85. The van der Waals surface area contributed by atoms with Gasteiger partial charge in [0.15, 0.2) is 6.10 Å². The van der Waals surface area contributed by atoms with Crippen LogP contribution >= 0.6 is 0 Å². The van der Waals surface area contributed by atoms with Gasteiger partial charge in [0.1, 0.15) is 0 Å². The fraction of sp³-hybridized carbons (Fsp3) is 0.385. The molecular weight excluding hydrogens is 246 g/mol. The van der Waals surface area contributed by atoms with Gasteiger partial charge in [-0.2, -0.15) is 0 Å². The molecule has 0 radical (unpaired) electrons. The summed E-state index contributed by atoms with van der Waals surface area (Å²) in [7, 11) is 0. The van der Waals surface area contributed by atoms with Gasteiger partial charge < -0.3 is 21.1 Å². The summed E-state index contributed by atoms with van der Waals surface area (Å²) < 4.78 is 0. The third-order valence-electron chi connectivity index (χ3n) is 3.20. The van der Waals surface area contributed by atoms with Gasteiger partial charge in [-0.05, 0) is 12.0 Å². The molecule has 3 amide bonds. The highest BCUT2D eigenvalue weighted by Gasteiger charge is 2.30. The number of hydrogen-bond acceptors (Lipinski definition) is 3. The Morgan fingerprint density at radius 1 is 1.37 bits per heavy atom. The van der Waals surface area contributed by atoms with Gasteiger partial charge in [-0.3, -0.25) is 4.79 Å². The van der Waals surface area contributed by atoms with Gasteiger partial charge in [-0.15, -0.1) is 0 Å². The molecule has 102 valence electrons. The van der Waals surface area contributed by atoms with Crippen molar-refractivity contribution in [3.05, 3.63) is 35.9 Å². The number of amides is 3. The lowest BCUT2D eigenvalue weighted by Gasteiger charge is -2.20. The number of nitrogens with one attached hydrogen (secondary N) is 1. The zero-order valence-electron chi connectivity index (χ0n) is 10.5. The monoisotopic (exact) mass is 263 g/mol. The normalized spacial score (nSPS) is 20.1. The molecule has 6 nitrogen and oxygen atoms in total. The molecule has 0 saturated carbocycles. The van der Waals surface area contributed by atoms with Crippen LogP contribution in [0.15, 0.2) is 30.3 Å². The molecule has 1 aromatic rings. The highest BCUT2D eigenvalue weighted by atomic mass is 16.3. The van der Waals surface area contributed by atoms with Crippen LogP contribution in [0, 0.1) is 0 Å². The first kappa shape index (κ1) is 13.4. The van der Waals surface area contributed by atoms with E-state index in [9.17, 15) is 14.7 Å². The molecule has 0 bridgehead atoms. The average molecular weight is 263 g/mol. The van der Waals surface area contributed by atoms with E-state index in [1.54, 1.807) is 24.3 Å². The van der Waals surface area contributed by atoms with Gasteiger partial charge in [0, 0.05) is 19.1 Å². The van der Waals surface area contributed by atoms with Crippen molar-refractivity contribution in [1.82, 2.24) is 10.2 Å². The van der Waals surface area contributed by atoms with Crippen LogP contribution in [0.4, 0.5) is 4.79 Å². The van der Waals surface area contributed by atoms with Crippen LogP contribution in [0.2, 0.25) is 0 Å². The van der Waals surface area contributed by atoms with Crippen molar-refractivity contribution in [2.75, 3.05) is 13.1 Å². The number of likely N-dealkylation sites (tertiary alicyclic amines) is 1. The molecule has 0 spiro atoms. The van der Waals surface area contributed by atoms with Crippen LogP contribution in [0.5, 0.6) is 0 Å². The molecule has 1 aromatic carbocycles. The maximum absolute atomic E-state index is 12.1. The molecular formula is C13H17N3O3. The Hall–Kier alpha value is -2.08. The van der Waals surface area contributed by atoms with E-state index in [0.717, 1.165) is 0 Å². The highest BCUT2D eigenvalue weighted by Crippen LogP contribution is 2.18. The molecule has 4 N–H and O–H groups in total. The zero-order valence-corrected chi connectivity index (χ0v) is 10.5. The van der Waals surface area contributed by atoms with Gasteiger partial charge >= 0.3 is 6.03 Å². The summed E-state index contributed by atoms with van der Waals surface area (Å²) in [4.78, 5) is 24.4. The molecule has 2 rings (SSSR count). The topological polar surface area (TPSA) is 95.7 Å². The minimum Gasteiger partial charge on any atom is -0.378 e. The van der Waals surface area contributed by atoms with Gasteiger partial charge in [-0.1, -0.05) is 30.3 Å². The molecule has 1 saturated heterocycles. The predicted molar refractivity (Wildman–Crippen MR) is 69.1 cm³/mol. The third-order valence-corrected chi connectivity index (χ3v) is 3.20. The number of aliphatic hydroxyl groups is 1. The molecule has 2 atom stereocenters. The van der Waals surface area contributed by atoms with Crippen LogP contribution in [-0.4, -0.2) is 41.1 Å². The number of carbonyl (C=O) groups is 2. The first-order chi connectivity index (χ1) is 9.08. The van der Waals surface area contributed by atoms with E-state index < -0.39 is 12.1 Å². The van der Waals surface area contributed by atoms with Crippen molar-refractivity contribution >= 4 is 11.9 Å². The molecule has 1 fully saturated rings. The molecule has 0 aliphatic carbocycles. The van der Waals surface area contributed by atoms with Crippen molar-refractivity contribution in [3.8, 4) is 0 Å². The van der Waals surface area contributed by atoms with Crippen molar-refractivity contribution in [2.24, 2.45) is 5.73 Å². The van der Waals surface area contributed by atoms with Crippen LogP contribution < -0.4 is 11.1 Å². The lowest BCUT2D eigenvalue weighted by atomic mass is 10.1. The number of primary amides is 1. The van der Waals surface area contributed by atoms with E-state index in [1.165, 1.54) is 4.90 Å². The largest absolute Gasteiger partial charge is 0.378 e. The summed E-state index contributed by atoms with van der Waals surface area (Å²) in [5.41, 5.74) is 5.61. The summed E-state index contributed by atoms with van der Waals surface area (Å²) in [5.74, 6) is -0.347. The van der Waals surface area contributed by atoms with Gasteiger partial charge in [0.05, 0.1) is 0 Å². The Labute approximate surface area is 111 Å². The molecule has 1 aliphatic heterocycles. The fourth-order valence-corrected chi connectivity index (χ4v) is 2.23. The summed E-state index contributed by atoms with van der Waals surface area (Å²) in [5, 5.41) is 12.6. The van der Waals surface area contributed by atoms with Crippen molar-refractivity contribution < 1.29 is 14.7 Å². The molecule has 19 heavy (non-hydrogen) atoms. The number of hydrogen-bond donors (Lipinski definition) is 3. The minimum atomic E-state index is -1.16. The number of nitrogens with zero attached hydrogens (tertiary/aromatic N) is 1. The van der Waals surface area contributed by atoms with Crippen LogP contribution in [-0.2, 0) is 4.79 Å². The summed E-state index contributed by atoms with van der Waals surface area (Å²) in [6.07, 6.45) is -0.510. The van der Waals surface area contributed by atoms with E-state index in [0.29, 0.717) is 25.1 Å².